The molecule has 0 aliphatic carbocycles. The molecule has 0 aromatic heterocycles. The molecule has 2 N–H and O–H groups in total. The molecule has 0 amide bonds. The van der Waals surface area contributed by atoms with Crippen LogP contribution < -0.4 is 0 Å². The Balaban J connectivity index is 2.27. The van der Waals surface area contributed by atoms with Gasteiger partial charge in [-0.3, -0.25) is 0 Å². The fourth-order valence-corrected chi connectivity index (χ4v) is 3.44. The lowest BCUT2D eigenvalue weighted by atomic mass is 9.69. The lowest BCUT2D eigenvalue weighted by Gasteiger charge is -2.33. The average molecular weight is 318 g/mol. The molecule has 0 bridgehead atoms. The van der Waals surface area contributed by atoms with E-state index >= 15 is 0 Å². The molecule has 2 heteroatoms. The van der Waals surface area contributed by atoms with Crippen molar-refractivity contribution in [3.8, 4) is 11.5 Å². The van der Waals surface area contributed by atoms with Crippen LogP contribution in [-0.2, 0) is 5.41 Å². The minimum atomic E-state index is -0.376. The standard InChI is InChI=1S/C22H22O2/c1-15-4-13-21(16(2)14-15)22(3,17-5-9-19(23)10-6-17)18-7-11-20(24)12-8-18/h4-14,23-24H,1-3H3. The molecular weight excluding hydrogens is 296 g/mol. The molecule has 0 radical (unpaired) electrons. The Morgan fingerprint density at radius 1 is 0.667 bits per heavy atom. The van der Waals surface area contributed by atoms with E-state index in [0.717, 1.165) is 11.1 Å². The molecule has 0 aliphatic heterocycles. The monoisotopic (exact) mass is 318 g/mol. The average Bonchev–Trinajstić information content (AvgIpc) is 2.55. The van der Waals surface area contributed by atoms with E-state index in [1.54, 1.807) is 24.3 Å². The van der Waals surface area contributed by atoms with Crippen molar-refractivity contribution in [3.05, 3.63) is 94.5 Å². The van der Waals surface area contributed by atoms with Crippen molar-refractivity contribution < 1.29 is 10.2 Å². The van der Waals surface area contributed by atoms with E-state index < -0.39 is 0 Å². The van der Waals surface area contributed by atoms with Gasteiger partial charge in [-0.25, -0.2) is 0 Å². The summed E-state index contributed by atoms with van der Waals surface area (Å²) in [5, 5.41) is 19.3. The van der Waals surface area contributed by atoms with Crippen LogP contribution >= 0.6 is 0 Å². The second kappa shape index (κ2) is 6.04. The normalized spacial score (nSPS) is 11.5. The van der Waals surface area contributed by atoms with Gasteiger partial charge in [-0.1, -0.05) is 48.0 Å². The van der Waals surface area contributed by atoms with E-state index in [2.05, 4.69) is 39.0 Å². The number of rotatable bonds is 3. The Hall–Kier alpha value is -2.74. The maximum atomic E-state index is 9.66. The minimum absolute atomic E-state index is 0.257. The van der Waals surface area contributed by atoms with Crippen LogP contribution in [0.3, 0.4) is 0 Å². The van der Waals surface area contributed by atoms with Gasteiger partial charge in [0.15, 0.2) is 0 Å². The molecule has 3 aromatic carbocycles. The summed E-state index contributed by atoms with van der Waals surface area (Å²) in [4.78, 5) is 0. The summed E-state index contributed by atoms with van der Waals surface area (Å²) in [5.74, 6) is 0.514. The Morgan fingerprint density at radius 3 is 1.54 bits per heavy atom. The first-order valence-electron chi connectivity index (χ1n) is 8.08. The van der Waals surface area contributed by atoms with Gasteiger partial charge in [-0.15, -0.1) is 0 Å². The van der Waals surface area contributed by atoms with E-state index in [9.17, 15) is 10.2 Å². The highest BCUT2D eigenvalue weighted by molar-refractivity contribution is 5.53. The number of benzene rings is 3. The summed E-state index contributed by atoms with van der Waals surface area (Å²) in [6, 6.07) is 21.2. The van der Waals surface area contributed by atoms with E-state index in [1.165, 1.54) is 16.7 Å². The first-order chi connectivity index (χ1) is 11.4. The van der Waals surface area contributed by atoms with Crippen molar-refractivity contribution in [3.63, 3.8) is 0 Å². The predicted octanol–water partition coefficient (Wildman–Crippen LogP) is 5.07. The maximum Gasteiger partial charge on any atom is 0.115 e. The lowest BCUT2D eigenvalue weighted by molar-refractivity contribution is 0.474. The smallest absolute Gasteiger partial charge is 0.115 e. The van der Waals surface area contributed by atoms with Gasteiger partial charge < -0.3 is 10.2 Å². The summed E-state index contributed by atoms with van der Waals surface area (Å²) in [6.45, 7) is 6.40. The second-order valence-electron chi connectivity index (χ2n) is 6.54. The van der Waals surface area contributed by atoms with E-state index in [1.807, 2.05) is 24.3 Å². The number of aryl methyl sites for hydroxylation is 2. The van der Waals surface area contributed by atoms with Crippen molar-refractivity contribution in [2.75, 3.05) is 0 Å². The molecule has 0 saturated heterocycles. The van der Waals surface area contributed by atoms with Gasteiger partial charge in [0.05, 0.1) is 0 Å². The SMILES string of the molecule is Cc1ccc(C(C)(c2ccc(O)cc2)c2ccc(O)cc2)c(C)c1. The molecule has 0 aliphatic rings. The number of hydrogen-bond acceptors (Lipinski definition) is 2. The molecule has 2 nitrogen and oxygen atoms in total. The summed E-state index contributed by atoms with van der Waals surface area (Å²) in [6.07, 6.45) is 0. The fraction of sp³-hybridized carbons (Fsp3) is 0.182. The van der Waals surface area contributed by atoms with Crippen LogP contribution in [0.15, 0.2) is 66.7 Å². The predicted molar refractivity (Wildman–Crippen MR) is 97.7 cm³/mol. The highest BCUT2D eigenvalue weighted by atomic mass is 16.3. The van der Waals surface area contributed by atoms with Crippen LogP contribution in [0.25, 0.3) is 0 Å². The largest absolute Gasteiger partial charge is 0.508 e. The van der Waals surface area contributed by atoms with Crippen molar-refractivity contribution in [2.45, 2.75) is 26.2 Å². The highest BCUT2D eigenvalue weighted by Gasteiger charge is 2.32. The summed E-state index contributed by atoms with van der Waals surface area (Å²) in [7, 11) is 0. The summed E-state index contributed by atoms with van der Waals surface area (Å²) >= 11 is 0. The molecular formula is C22H22O2. The molecule has 0 saturated carbocycles. The Labute approximate surface area is 143 Å². The van der Waals surface area contributed by atoms with E-state index in [-0.39, 0.29) is 16.9 Å². The van der Waals surface area contributed by atoms with Gasteiger partial charge in [0.1, 0.15) is 11.5 Å². The lowest BCUT2D eigenvalue weighted by Crippen LogP contribution is -2.26. The quantitative estimate of drug-likeness (QED) is 0.662. The van der Waals surface area contributed by atoms with Crippen molar-refractivity contribution >= 4 is 0 Å². The van der Waals surface area contributed by atoms with Crippen LogP contribution in [-0.4, -0.2) is 10.2 Å². The van der Waals surface area contributed by atoms with Gasteiger partial charge in [0.2, 0.25) is 0 Å². The number of phenols is 2. The minimum Gasteiger partial charge on any atom is -0.508 e. The third-order valence-electron chi connectivity index (χ3n) is 4.81. The molecule has 3 aromatic rings. The van der Waals surface area contributed by atoms with Crippen LogP contribution in [0.2, 0.25) is 0 Å². The highest BCUT2D eigenvalue weighted by Crippen LogP contribution is 2.41. The van der Waals surface area contributed by atoms with Crippen LogP contribution in [0, 0.1) is 13.8 Å². The summed E-state index contributed by atoms with van der Waals surface area (Å²) in [5.41, 5.74) is 5.48. The zero-order valence-electron chi connectivity index (χ0n) is 14.2. The molecule has 0 unspecified atom stereocenters. The molecule has 24 heavy (non-hydrogen) atoms. The van der Waals surface area contributed by atoms with Crippen molar-refractivity contribution in [1.82, 2.24) is 0 Å². The van der Waals surface area contributed by atoms with Gasteiger partial charge >= 0.3 is 0 Å². The Kier molecular flexibility index (Phi) is 4.06. The third kappa shape index (κ3) is 2.76. The topological polar surface area (TPSA) is 40.5 Å². The maximum absolute atomic E-state index is 9.66. The van der Waals surface area contributed by atoms with E-state index in [4.69, 9.17) is 0 Å². The number of aromatic hydroxyl groups is 2. The fourth-order valence-electron chi connectivity index (χ4n) is 3.44. The second-order valence-corrected chi connectivity index (χ2v) is 6.54. The third-order valence-corrected chi connectivity index (χ3v) is 4.81. The van der Waals surface area contributed by atoms with Gasteiger partial charge in [-0.05, 0) is 67.3 Å². The van der Waals surface area contributed by atoms with Gasteiger partial charge in [0, 0.05) is 5.41 Å². The van der Waals surface area contributed by atoms with Gasteiger partial charge in [-0.2, -0.15) is 0 Å². The zero-order valence-corrected chi connectivity index (χ0v) is 14.2. The Bertz CT molecular complexity index is 801. The molecule has 0 spiro atoms. The molecule has 122 valence electrons. The van der Waals surface area contributed by atoms with Crippen LogP contribution in [0.4, 0.5) is 0 Å². The summed E-state index contributed by atoms with van der Waals surface area (Å²) < 4.78 is 0. The number of phenolic OH excluding ortho intramolecular Hbond substituents is 2. The van der Waals surface area contributed by atoms with E-state index in [0.29, 0.717) is 0 Å². The zero-order chi connectivity index (χ0) is 17.3. The van der Waals surface area contributed by atoms with Crippen molar-refractivity contribution in [2.24, 2.45) is 0 Å². The van der Waals surface area contributed by atoms with Gasteiger partial charge in [0.25, 0.3) is 0 Å². The number of hydrogen-bond donors (Lipinski definition) is 2. The first-order valence-corrected chi connectivity index (χ1v) is 8.08. The van der Waals surface area contributed by atoms with Crippen LogP contribution in [0.1, 0.15) is 34.7 Å². The molecule has 3 rings (SSSR count). The molecule has 0 fully saturated rings. The van der Waals surface area contributed by atoms with Crippen LogP contribution in [0.5, 0.6) is 11.5 Å². The van der Waals surface area contributed by atoms with Crippen molar-refractivity contribution in [1.29, 1.82) is 0 Å². The molecule has 0 heterocycles. The Morgan fingerprint density at radius 2 is 1.12 bits per heavy atom. The molecule has 0 atom stereocenters. The first kappa shape index (κ1) is 16.1.